The van der Waals surface area contributed by atoms with E-state index in [0.717, 1.165) is 0 Å². The third kappa shape index (κ3) is 4.72. The number of carbonyl (C=O) groups excluding carboxylic acids is 2. The van der Waals surface area contributed by atoms with Gasteiger partial charge in [0.1, 0.15) is 0 Å². The Labute approximate surface area is 175 Å². The van der Waals surface area contributed by atoms with Crippen LogP contribution in [0.15, 0.2) is 52.7 Å². The molecule has 3 rings (SSSR count). The monoisotopic (exact) mass is 448 g/mol. The van der Waals surface area contributed by atoms with E-state index >= 15 is 0 Å². The van der Waals surface area contributed by atoms with E-state index in [2.05, 4.69) is 15.3 Å². The van der Waals surface area contributed by atoms with E-state index in [1.54, 1.807) is 17.5 Å². The third-order valence-corrected chi connectivity index (χ3v) is 5.97. The van der Waals surface area contributed by atoms with Gasteiger partial charge < -0.3 is 9.47 Å². The van der Waals surface area contributed by atoms with Gasteiger partial charge in [0.05, 0.1) is 30.1 Å². The molecule has 2 amide bonds. The van der Waals surface area contributed by atoms with Crippen LogP contribution in [-0.2, 0) is 10.0 Å². The summed E-state index contributed by atoms with van der Waals surface area (Å²) < 4.78 is 37.3. The number of rotatable bonds is 7. The summed E-state index contributed by atoms with van der Waals surface area (Å²) in [6.45, 7) is 0. The molecule has 0 bridgehead atoms. The summed E-state index contributed by atoms with van der Waals surface area (Å²) in [4.78, 5) is 32.7. The lowest BCUT2D eigenvalue weighted by Crippen LogP contribution is -2.35. The van der Waals surface area contributed by atoms with Crippen LogP contribution in [0.25, 0.3) is 0 Å². The molecule has 0 spiro atoms. The Morgan fingerprint density at radius 1 is 1.00 bits per heavy atom. The van der Waals surface area contributed by atoms with Gasteiger partial charge in [-0.05, 0) is 23.6 Å². The fourth-order valence-electron chi connectivity index (χ4n) is 2.40. The average Bonchev–Trinajstić information content (AvgIpc) is 3.27. The van der Waals surface area contributed by atoms with Crippen molar-refractivity contribution in [1.29, 1.82) is 0 Å². The Bertz CT molecular complexity index is 1160. The fraction of sp³-hybridized carbons (Fsp3) is 0.111. The molecule has 2 aromatic heterocycles. The van der Waals surface area contributed by atoms with Crippen molar-refractivity contribution in [3.8, 4) is 11.8 Å². The minimum absolute atomic E-state index is 0.0560. The van der Waals surface area contributed by atoms with E-state index in [0.29, 0.717) is 4.88 Å². The zero-order valence-corrected chi connectivity index (χ0v) is 17.4. The minimum atomic E-state index is -4.37. The number of hydrogen-bond donors (Lipinski definition) is 2. The summed E-state index contributed by atoms with van der Waals surface area (Å²) in [6, 6.07) is 9.14. The summed E-state index contributed by atoms with van der Waals surface area (Å²) in [7, 11) is -1.66. The highest BCUT2D eigenvalue weighted by atomic mass is 32.2. The van der Waals surface area contributed by atoms with Gasteiger partial charge in [-0.3, -0.25) is 10.1 Å². The van der Waals surface area contributed by atoms with Gasteiger partial charge in [-0.25, -0.2) is 17.9 Å². The highest BCUT2D eigenvalue weighted by molar-refractivity contribution is 7.90. The number of nitrogens with zero attached hydrogens (tertiary/aromatic N) is 2. The second-order valence-corrected chi connectivity index (χ2v) is 8.24. The average molecular weight is 448 g/mol. The van der Waals surface area contributed by atoms with Gasteiger partial charge in [0.2, 0.25) is 23.5 Å². The molecule has 0 atom stereocenters. The number of methoxy groups -OCH3 is 2. The van der Waals surface area contributed by atoms with Crippen molar-refractivity contribution in [1.82, 2.24) is 14.7 Å². The molecule has 2 N–H and O–H groups in total. The van der Waals surface area contributed by atoms with Crippen molar-refractivity contribution in [2.75, 3.05) is 19.5 Å². The molecular formula is C18H16N4O6S2. The largest absolute Gasteiger partial charge is 0.481 e. The number of ketones is 1. The highest BCUT2D eigenvalue weighted by Crippen LogP contribution is 2.22. The maximum Gasteiger partial charge on any atom is 0.335 e. The van der Waals surface area contributed by atoms with E-state index in [1.807, 2.05) is 4.72 Å². The zero-order chi connectivity index (χ0) is 21.7. The molecule has 0 aliphatic carbocycles. The summed E-state index contributed by atoms with van der Waals surface area (Å²) >= 11 is 1.18. The van der Waals surface area contributed by atoms with Crippen LogP contribution >= 0.6 is 11.3 Å². The number of thiophene rings is 1. The number of ether oxygens (including phenoxy) is 2. The van der Waals surface area contributed by atoms with Crippen molar-refractivity contribution in [2.24, 2.45) is 0 Å². The topological polar surface area (TPSA) is 137 Å². The molecule has 3 aromatic rings. The summed E-state index contributed by atoms with van der Waals surface area (Å²) in [5.74, 6) is -0.493. The molecule has 0 saturated carbocycles. The minimum Gasteiger partial charge on any atom is -0.481 e. The fourth-order valence-corrected chi connectivity index (χ4v) is 4.19. The lowest BCUT2D eigenvalue weighted by atomic mass is 10.1. The second kappa shape index (κ2) is 8.88. The van der Waals surface area contributed by atoms with E-state index in [-0.39, 0.29) is 28.2 Å². The van der Waals surface area contributed by atoms with Gasteiger partial charge in [0.25, 0.3) is 10.0 Å². The Morgan fingerprint density at radius 2 is 1.67 bits per heavy atom. The molecule has 0 saturated heterocycles. The van der Waals surface area contributed by atoms with E-state index in [9.17, 15) is 18.0 Å². The van der Waals surface area contributed by atoms with E-state index in [4.69, 9.17) is 9.47 Å². The number of aromatic nitrogens is 2. The summed E-state index contributed by atoms with van der Waals surface area (Å²) in [5.41, 5.74) is -0.0560. The maximum absolute atomic E-state index is 12.8. The van der Waals surface area contributed by atoms with Crippen molar-refractivity contribution in [3.63, 3.8) is 0 Å². The van der Waals surface area contributed by atoms with Crippen molar-refractivity contribution in [2.45, 2.75) is 4.90 Å². The Balaban J connectivity index is 1.84. The van der Waals surface area contributed by atoms with Crippen LogP contribution in [0.4, 0.5) is 10.7 Å². The molecule has 12 heteroatoms. The molecule has 0 aliphatic heterocycles. The molecular weight excluding hydrogens is 432 g/mol. The summed E-state index contributed by atoms with van der Waals surface area (Å²) in [6.07, 6.45) is 0. The van der Waals surface area contributed by atoms with Crippen LogP contribution < -0.4 is 19.5 Å². The Morgan fingerprint density at radius 3 is 2.27 bits per heavy atom. The lowest BCUT2D eigenvalue weighted by Gasteiger charge is -2.11. The Kier molecular flexibility index (Phi) is 6.28. The van der Waals surface area contributed by atoms with Gasteiger partial charge in [0, 0.05) is 5.56 Å². The number of carbonyl (C=O) groups is 2. The van der Waals surface area contributed by atoms with Gasteiger partial charge in [-0.1, -0.05) is 18.2 Å². The molecule has 30 heavy (non-hydrogen) atoms. The predicted molar refractivity (Wildman–Crippen MR) is 109 cm³/mol. The Hall–Kier alpha value is -3.51. The normalized spacial score (nSPS) is 10.9. The van der Waals surface area contributed by atoms with Gasteiger partial charge in [0.15, 0.2) is 0 Å². The molecule has 1 aromatic carbocycles. The van der Waals surface area contributed by atoms with Crippen LogP contribution in [0.1, 0.15) is 15.2 Å². The SMILES string of the molecule is COc1cc(OC)nc(NC(=O)NS(=O)(=O)c2ccccc2C(=O)c2cccs2)n1. The first-order valence-electron chi connectivity index (χ1n) is 8.32. The first-order chi connectivity index (χ1) is 14.3. The van der Waals surface area contributed by atoms with Crippen LogP contribution in [0, 0.1) is 0 Å². The number of urea groups is 1. The van der Waals surface area contributed by atoms with Gasteiger partial charge >= 0.3 is 6.03 Å². The first kappa shape index (κ1) is 21.2. The highest BCUT2D eigenvalue weighted by Gasteiger charge is 2.25. The van der Waals surface area contributed by atoms with E-state index in [1.165, 1.54) is 55.9 Å². The van der Waals surface area contributed by atoms with E-state index < -0.39 is 21.8 Å². The zero-order valence-electron chi connectivity index (χ0n) is 15.8. The van der Waals surface area contributed by atoms with Crippen LogP contribution in [0.2, 0.25) is 0 Å². The molecule has 0 radical (unpaired) electrons. The van der Waals surface area contributed by atoms with Crippen LogP contribution in [0.3, 0.4) is 0 Å². The smallest absolute Gasteiger partial charge is 0.335 e. The molecule has 0 aliphatic rings. The molecule has 0 unspecified atom stereocenters. The molecule has 0 fully saturated rings. The molecule has 156 valence electrons. The van der Waals surface area contributed by atoms with Crippen molar-refractivity contribution < 1.29 is 27.5 Å². The standard InChI is InChI=1S/C18H16N4O6S2/c1-27-14-10-15(28-2)20-17(19-14)21-18(24)22-30(25,26)13-8-4-3-6-11(13)16(23)12-7-5-9-29-12/h3-10H,1-2H3,(H2,19,20,21,22,24). The first-order valence-corrected chi connectivity index (χ1v) is 10.7. The lowest BCUT2D eigenvalue weighted by molar-refractivity contribution is 0.103. The van der Waals surface area contributed by atoms with Crippen molar-refractivity contribution in [3.05, 3.63) is 58.3 Å². The van der Waals surface area contributed by atoms with Crippen LogP contribution in [-0.4, -0.2) is 44.4 Å². The van der Waals surface area contributed by atoms with Crippen molar-refractivity contribution >= 4 is 39.1 Å². The second-order valence-electron chi connectivity index (χ2n) is 5.64. The molecule has 10 nitrogen and oxygen atoms in total. The van der Waals surface area contributed by atoms with Gasteiger partial charge in [-0.2, -0.15) is 9.97 Å². The number of nitrogens with one attached hydrogen (secondary N) is 2. The number of sulfonamides is 1. The third-order valence-electron chi connectivity index (χ3n) is 3.72. The van der Waals surface area contributed by atoms with Crippen LogP contribution in [0.5, 0.6) is 11.8 Å². The summed E-state index contributed by atoms with van der Waals surface area (Å²) in [5, 5.41) is 3.91. The number of benzene rings is 1. The number of hydrogen-bond acceptors (Lipinski definition) is 9. The number of anilines is 1. The maximum atomic E-state index is 12.8. The molecule has 2 heterocycles. The quantitative estimate of drug-likeness (QED) is 0.526. The number of amides is 2. The predicted octanol–water partition coefficient (Wildman–Crippen LogP) is 2.30. The van der Waals surface area contributed by atoms with Gasteiger partial charge in [-0.15, -0.1) is 11.3 Å².